The molecule has 0 aliphatic carbocycles. The lowest BCUT2D eigenvalue weighted by atomic mass is 9.90. The quantitative estimate of drug-likeness (QED) is 0.904. The summed E-state index contributed by atoms with van der Waals surface area (Å²) in [4.78, 5) is 29.3. The average Bonchev–Trinajstić information content (AvgIpc) is 3.05. The van der Waals surface area contributed by atoms with Gasteiger partial charge in [0.15, 0.2) is 0 Å². The predicted molar refractivity (Wildman–Crippen MR) is 97.8 cm³/mol. The summed E-state index contributed by atoms with van der Waals surface area (Å²) in [5, 5.41) is 0. The fraction of sp³-hybridized carbons (Fsp3) is 0.600. The van der Waals surface area contributed by atoms with Gasteiger partial charge in [-0.1, -0.05) is 37.3 Å². The minimum absolute atomic E-state index is 0.0488. The van der Waals surface area contributed by atoms with E-state index in [4.69, 9.17) is 5.73 Å². The summed E-state index contributed by atoms with van der Waals surface area (Å²) < 4.78 is 0. The van der Waals surface area contributed by atoms with Crippen molar-refractivity contribution in [1.82, 2.24) is 9.80 Å². The molecule has 25 heavy (non-hydrogen) atoms. The van der Waals surface area contributed by atoms with E-state index in [1.165, 1.54) is 0 Å². The topological polar surface area (TPSA) is 66.6 Å². The van der Waals surface area contributed by atoms with Crippen LogP contribution in [0.15, 0.2) is 30.3 Å². The molecule has 2 saturated heterocycles. The van der Waals surface area contributed by atoms with Crippen molar-refractivity contribution in [2.45, 2.75) is 32.6 Å². The number of carbonyl (C=O) groups excluding carboxylic acids is 2. The number of carbonyl (C=O) groups is 2. The maximum Gasteiger partial charge on any atom is 0.227 e. The second-order valence-electron chi connectivity index (χ2n) is 7.87. The van der Waals surface area contributed by atoms with Crippen molar-refractivity contribution in [3.05, 3.63) is 35.9 Å². The van der Waals surface area contributed by atoms with E-state index in [1.54, 1.807) is 0 Å². The van der Waals surface area contributed by atoms with Gasteiger partial charge < -0.3 is 15.5 Å². The van der Waals surface area contributed by atoms with Crippen molar-refractivity contribution in [3.63, 3.8) is 0 Å². The van der Waals surface area contributed by atoms with Crippen LogP contribution in [0.4, 0.5) is 0 Å². The Bertz CT molecular complexity index is 619. The summed E-state index contributed by atoms with van der Waals surface area (Å²) in [6.45, 7) is 5.62. The monoisotopic (exact) mass is 343 g/mol. The highest BCUT2D eigenvalue weighted by molar-refractivity contribution is 5.82. The van der Waals surface area contributed by atoms with Crippen molar-refractivity contribution in [3.8, 4) is 0 Å². The zero-order valence-electron chi connectivity index (χ0n) is 15.1. The Morgan fingerprint density at radius 1 is 1.20 bits per heavy atom. The minimum Gasteiger partial charge on any atom is -0.342 e. The number of likely N-dealkylation sites (tertiary alicyclic amines) is 2. The van der Waals surface area contributed by atoms with E-state index in [2.05, 4.69) is 6.92 Å². The zero-order chi connectivity index (χ0) is 17.9. The normalized spacial score (nSPS) is 26.7. The van der Waals surface area contributed by atoms with Crippen LogP contribution in [-0.2, 0) is 16.0 Å². The van der Waals surface area contributed by atoms with Crippen molar-refractivity contribution in [1.29, 1.82) is 0 Å². The molecule has 5 heteroatoms. The predicted octanol–water partition coefficient (Wildman–Crippen LogP) is 1.67. The summed E-state index contributed by atoms with van der Waals surface area (Å²) in [6, 6.07) is 9.80. The molecule has 2 atom stereocenters. The number of amides is 2. The lowest BCUT2D eigenvalue weighted by Crippen LogP contribution is -2.47. The van der Waals surface area contributed by atoms with Gasteiger partial charge in [-0.3, -0.25) is 9.59 Å². The van der Waals surface area contributed by atoms with E-state index in [-0.39, 0.29) is 23.1 Å². The van der Waals surface area contributed by atoms with Crippen LogP contribution >= 0.6 is 0 Å². The van der Waals surface area contributed by atoms with Gasteiger partial charge in [0.25, 0.3) is 0 Å². The Morgan fingerprint density at radius 2 is 1.96 bits per heavy atom. The van der Waals surface area contributed by atoms with Gasteiger partial charge in [-0.05, 0) is 36.8 Å². The molecule has 1 aromatic rings. The molecular weight excluding hydrogens is 314 g/mol. The van der Waals surface area contributed by atoms with Gasteiger partial charge in [0.1, 0.15) is 0 Å². The SMILES string of the molecule is CC1(CN)CCN(C(=O)C2CCCN(C(=O)Cc3ccccc3)C2)C1. The fourth-order valence-electron chi connectivity index (χ4n) is 3.92. The number of benzene rings is 1. The lowest BCUT2D eigenvalue weighted by Gasteiger charge is -2.34. The first-order valence-corrected chi connectivity index (χ1v) is 9.31. The Morgan fingerprint density at radius 3 is 2.64 bits per heavy atom. The molecule has 0 radical (unpaired) electrons. The minimum atomic E-state index is -0.0615. The third-order valence-electron chi connectivity index (χ3n) is 5.68. The number of nitrogens with two attached hydrogens (primary N) is 1. The molecule has 1 aromatic carbocycles. The molecule has 0 saturated carbocycles. The molecule has 2 aliphatic rings. The maximum atomic E-state index is 12.9. The van der Waals surface area contributed by atoms with E-state index >= 15 is 0 Å². The maximum absolute atomic E-state index is 12.9. The molecule has 0 bridgehead atoms. The number of piperidine rings is 1. The highest BCUT2D eigenvalue weighted by Gasteiger charge is 2.38. The van der Waals surface area contributed by atoms with Gasteiger partial charge in [-0.2, -0.15) is 0 Å². The summed E-state index contributed by atoms with van der Waals surface area (Å²) in [6.07, 6.45) is 3.16. The third kappa shape index (κ3) is 4.21. The molecule has 3 rings (SSSR count). The second-order valence-corrected chi connectivity index (χ2v) is 7.87. The average molecular weight is 343 g/mol. The van der Waals surface area contributed by atoms with Gasteiger partial charge in [-0.25, -0.2) is 0 Å². The first kappa shape index (κ1) is 17.9. The van der Waals surface area contributed by atoms with E-state index in [0.29, 0.717) is 19.5 Å². The molecule has 2 amide bonds. The Hall–Kier alpha value is -1.88. The molecule has 2 unspecified atom stereocenters. The van der Waals surface area contributed by atoms with Gasteiger partial charge in [0.05, 0.1) is 12.3 Å². The molecule has 2 heterocycles. The van der Waals surface area contributed by atoms with Crippen LogP contribution in [0.1, 0.15) is 31.7 Å². The molecule has 136 valence electrons. The lowest BCUT2D eigenvalue weighted by molar-refractivity contribution is -0.140. The fourth-order valence-corrected chi connectivity index (χ4v) is 3.92. The zero-order valence-corrected chi connectivity index (χ0v) is 15.1. The summed E-state index contributed by atoms with van der Waals surface area (Å²) >= 11 is 0. The van der Waals surface area contributed by atoms with Gasteiger partial charge in [-0.15, -0.1) is 0 Å². The van der Waals surface area contributed by atoms with Crippen LogP contribution in [-0.4, -0.2) is 54.3 Å². The van der Waals surface area contributed by atoms with Crippen LogP contribution in [0.3, 0.4) is 0 Å². The summed E-state index contributed by atoms with van der Waals surface area (Å²) in [7, 11) is 0. The standard InChI is InChI=1S/C20H29N3O2/c1-20(14-21)9-11-23(15-20)19(25)17-8-5-10-22(13-17)18(24)12-16-6-3-2-4-7-16/h2-4,6-7,17H,5,8-15,21H2,1H3. The van der Waals surface area contributed by atoms with Gasteiger partial charge in [0.2, 0.25) is 11.8 Å². The molecular formula is C20H29N3O2. The van der Waals surface area contributed by atoms with Crippen LogP contribution in [0.5, 0.6) is 0 Å². The van der Waals surface area contributed by atoms with Crippen molar-refractivity contribution >= 4 is 11.8 Å². The number of nitrogens with zero attached hydrogens (tertiary/aromatic N) is 2. The Kier molecular flexibility index (Phi) is 5.42. The van der Waals surface area contributed by atoms with E-state index in [0.717, 1.165) is 44.5 Å². The first-order valence-electron chi connectivity index (χ1n) is 9.31. The molecule has 2 N–H and O–H groups in total. The van der Waals surface area contributed by atoms with Crippen LogP contribution < -0.4 is 5.73 Å². The molecule has 2 aliphatic heterocycles. The van der Waals surface area contributed by atoms with Crippen molar-refractivity contribution in [2.75, 3.05) is 32.7 Å². The Balaban J connectivity index is 1.57. The smallest absolute Gasteiger partial charge is 0.227 e. The Labute approximate surface area is 150 Å². The van der Waals surface area contributed by atoms with Crippen LogP contribution in [0.25, 0.3) is 0 Å². The molecule has 0 aromatic heterocycles. The highest BCUT2D eigenvalue weighted by atomic mass is 16.2. The highest BCUT2D eigenvalue weighted by Crippen LogP contribution is 2.31. The third-order valence-corrected chi connectivity index (χ3v) is 5.68. The molecule has 5 nitrogen and oxygen atoms in total. The van der Waals surface area contributed by atoms with Gasteiger partial charge in [0, 0.05) is 26.2 Å². The van der Waals surface area contributed by atoms with E-state index in [1.807, 2.05) is 40.1 Å². The first-order chi connectivity index (χ1) is 12.0. The number of rotatable bonds is 4. The van der Waals surface area contributed by atoms with Crippen molar-refractivity contribution in [2.24, 2.45) is 17.1 Å². The van der Waals surface area contributed by atoms with E-state index < -0.39 is 0 Å². The summed E-state index contributed by atoms with van der Waals surface area (Å²) in [5.74, 6) is 0.264. The number of hydrogen-bond acceptors (Lipinski definition) is 3. The van der Waals surface area contributed by atoms with Crippen molar-refractivity contribution < 1.29 is 9.59 Å². The van der Waals surface area contributed by atoms with Crippen LogP contribution in [0.2, 0.25) is 0 Å². The summed E-state index contributed by atoms with van der Waals surface area (Å²) in [5.41, 5.74) is 6.93. The van der Waals surface area contributed by atoms with E-state index in [9.17, 15) is 9.59 Å². The van der Waals surface area contributed by atoms with Crippen LogP contribution in [0, 0.1) is 11.3 Å². The largest absolute Gasteiger partial charge is 0.342 e. The molecule has 2 fully saturated rings. The molecule has 0 spiro atoms. The van der Waals surface area contributed by atoms with Gasteiger partial charge >= 0.3 is 0 Å². The second kappa shape index (κ2) is 7.56. The number of hydrogen-bond donors (Lipinski definition) is 1.